The number of para-hydroxylation sites is 1. The Morgan fingerprint density at radius 3 is 2.38 bits per heavy atom. The summed E-state index contributed by atoms with van der Waals surface area (Å²) in [6, 6.07) is 19.4. The first-order valence-electron chi connectivity index (χ1n) is 7.59. The highest BCUT2D eigenvalue weighted by Crippen LogP contribution is 2.24. The van der Waals surface area contributed by atoms with E-state index in [1.807, 2.05) is 72.6 Å². The molecule has 136 valence electrons. The third kappa shape index (κ3) is 6.04. The summed E-state index contributed by atoms with van der Waals surface area (Å²) in [5, 5.41) is 7.25. The molecular formula is C17H20N6O2S. The van der Waals surface area contributed by atoms with Gasteiger partial charge in [-0.2, -0.15) is 4.98 Å². The lowest BCUT2D eigenvalue weighted by atomic mass is 10.2. The van der Waals surface area contributed by atoms with Crippen LogP contribution in [0.5, 0.6) is 0 Å². The molecule has 0 saturated heterocycles. The van der Waals surface area contributed by atoms with Gasteiger partial charge in [-0.1, -0.05) is 24.3 Å². The van der Waals surface area contributed by atoms with E-state index < -0.39 is 10.9 Å². The van der Waals surface area contributed by atoms with Gasteiger partial charge in [-0.25, -0.2) is 18.5 Å². The van der Waals surface area contributed by atoms with E-state index >= 15 is 0 Å². The summed E-state index contributed by atoms with van der Waals surface area (Å²) in [6.07, 6.45) is 1.73. The van der Waals surface area contributed by atoms with E-state index in [9.17, 15) is 0 Å². The normalized spacial score (nSPS) is 9.96. The van der Waals surface area contributed by atoms with Crippen LogP contribution in [-0.2, 0) is 10.9 Å². The number of aromatic nitrogens is 2. The van der Waals surface area contributed by atoms with Gasteiger partial charge < -0.3 is 16.0 Å². The van der Waals surface area contributed by atoms with Crippen molar-refractivity contribution in [1.82, 2.24) is 9.97 Å². The maximum absolute atomic E-state index is 8.81. The molecule has 0 aliphatic carbocycles. The fourth-order valence-electron chi connectivity index (χ4n) is 2.11. The molecular weight excluding hydrogens is 352 g/mol. The molecule has 3 aromatic rings. The van der Waals surface area contributed by atoms with Crippen LogP contribution >= 0.6 is 0 Å². The van der Waals surface area contributed by atoms with Crippen molar-refractivity contribution >= 4 is 39.7 Å². The average molecular weight is 372 g/mol. The van der Waals surface area contributed by atoms with Crippen LogP contribution in [-0.4, -0.2) is 25.4 Å². The van der Waals surface area contributed by atoms with Gasteiger partial charge in [0.05, 0.1) is 0 Å². The van der Waals surface area contributed by atoms with Crippen molar-refractivity contribution in [2.45, 2.75) is 0 Å². The van der Waals surface area contributed by atoms with Gasteiger partial charge >= 0.3 is 0 Å². The zero-order valence-corrected chi connectivity index (χ0v) is 15.0. The zero-order chi connectivity index (χ0) is 18.9. The summed E-state index contributed by atoms with van der Waals surface area (Å²) in [5.41, 5.74) is 8.48. The summed E-state index contributed by atoms with van der Waals surface area (Å²) >= 11 is 0. The van der Waals surface area contributed by atoms with E-state index in [-0.39, 0.29) is 0 Å². The number of nitrogens with one attached hydrogen (secondary N) is 1. The predicted molar refractivity (Wildman–Crippen MR) is 105 cm³/mol. The smallest absolute Gasteiger partial charge is 0.229 e. The fraction of sp³-hybridized carbons (Fsp3) is 0.0588. The molecule has 2 aromatic carbocycles. The van der Waals surface area contributed by atoms with Crippen molar-refractivity contribution in [2.75, 3.05) is 23.0 Å². The number of nitrogens with two attached hydrogens (primary N) is 2. The lowest BCUT2D eigenvalue weighted by Crippen LogP contribution is -2.12. The van der Waals surface area contributed by atoms with Gasteiger partial charge in [0.2, 0.25) is 5.95 Å². The van der Waals surface area contributed by atoms with E-state index in [0.29, 0.717) is 5.95 Å². The van der Waals surface area contributed by atoms with Gasteiger partial charge in [0, 0.05) is 30.3 Å². The Balaban J connectivity index is 0.000000552. The van der Waals surface area contributed by atoms with Crippen LogP contribution < -0.4 is 21.1 Å². The van der Waals surface area contributed by atoms with Crippen LogP contribution in [0.1, 0.15) is 0 Å². The molecule has 0 radical (unpaired) electrons. The SMILES string of the molecule is CN(c1cccc(N)c1)c1ccnc(Nc2ccccc2)n1.N[SH](=O)=O. The number of nitrogen functional groups attached to an aromatic ring is 1. The molecule has 0 saturated carbocycles. The van der Waals surface area contributed by atoms with Crippen LogP contribution in [0, 0.1) is 0 Å². The molecule has 0 bridgehead atoms. The minimum absolute atomic E-state index is 0.555. The summed E-state index contributed by atoms with van der Waals surface area (Å²) in [7, 11) is -0.673. The molecule has 1 aromatic heterocycles. The monoisotopic (exact) mass is 372 g/mol. The topological polar surface area (TPSA) is 127 Å². The Morgan fingerprint density at radius 2 is 1.73 bits per heavy atom. The van der Waals surface area contributed by atoms with Gasteiger partial charge in [-0.3, -0.25) is 0 Å². The van der Waals surface area contributed by atoms with E-state index in [1.54, 1.807) is 6.20 Å². The highest BCUT2D eigenvalue weighted by Gasteiger charge is 2.07. The van der Waals surface area contributed by atoms with Crippen LogP contribution in [0.4, 0.5) is 28.8 Å². The molecule has 0 aliphatic rings. The Hall–Kier alpha value is -3.17. The Kier molecular flexibility index (Phi) is 6.89. The number of hydrogen-bond donors (Lipinski definition) is 4. The van der Waals surface area contributed by atoms with Crippen LogP contribution in [0.15, 0.2) is 66.9 Å². The summed E-state index contributed by atoms with van der Waals surface area (Å²) in [5.74, 6) is 1.35. The van der Waals surface area contributed by atoms with Crippen molar-refractivity contribution in [3.63, 3.8) is 0 Å². The minimum atomic E-state index is -2.62. The Morgan fingerprint density at radius 1 is 1.04 bits per heavy atom. The Labute approximate surface area is 153 Å². The lowest BCUT2D eigenvalue weighted by Gasteiger charge is -2.19. The molecule has 0 spiro atoms. The van der Waals surface area contributed by atoms with E-state index in [4.69, 9.17) is 14.2 Å². The first kappa shape index (κ1) is 19.2. The number of thiol groups is 1. The predicted octanol–water partition coefficient (Wildman–Crippen LogP) is 2.04. The highest BCUT2D eigenvalue weighted by molar-refractivity contribution is 7.69. The van der Waals surface area contributed by atoms with Crippen molar-refractivity contribution in [2.24, 2.45) is 5.14 Å². The van der Waals surface area contributed by atoms with Crippen LogP contribution in [0.3, 0.4) is 0 Å². The quantitative estimate of drug-likeness (QED) is 0.408. The van der Waals surface area contributed by atoms with Gasteiger partial charge in [0.1, 0.15) is 5.82 Å². The first-order valence-corrected chi connectivity index (χ1v) is 8.84. The third-order valence-electron chi connectivity index (χ3n) is 3.27. The maximum atomic E-state index is 8.81. The number of nitrogens with zero attached hydrogens (tertiary/aromatic N) is 3. The van der Waals surface area contributed by atoms with Crippen LogP contribution in [0.25, 0.3) is 0 Å². The first-order chi connectivity index (χ1) is 12.5. The molecule has 0 amide bonds. The fourth-order valence-corrected chi connectivity index (χ4v) is 2.11. The number of anilines is 5. The van der Waals surface area contributed by atoms with Gasteiger partial charge in [-0.05, 0) is 36.4 Å². The number of benzene rings is 2. The summed E-state index contributed by atoms with van der Waals surface area (Å²) < 4.78 is 17.6. The van der Waals surface area contributed by atoms with E-state index in [1.165, 1.54) is 0 Å². The molecule has 0 atom stereocenters. The standard InChI is InChI=1S/C17H17N5.H3NO2S/c1-22(15-9-5-6-13(18)12-15)16-10-11-19-17(21-16)20-14-7-3-2-4-8-14;1-4(2)3/h2-12H,18H2,1H3,(H,19,20,21);4H,(H2,1,2,3). The zero-order valence-electron chi connectivity index (χ0n) is 14.1. The molecule has 8 nitrogen and oxygen atoms in total. The summed E-state index contributed by atoms with van der Waals surface area (Å²) in [4.78, 5) is 10.8. The van der Waals surface area contributed by atoms with Crippen LogP contribution in [0.2, 0.25) is 0 Å². The molecule has 26 heavy (non-hydrogen) atoms. The van der Waals surface area contributed by atoms with Gasteiger partial charge in [-0.15, -0.1) is 0 Å². The highest BCUT2D eigenvalue weighted by atomic mass is 32.2. The molecule has 3 rings (SSSR count). The van der Waals surface area contributed by atoms with E-state index in [2.05, 4.69) is 20.4 Å². The molecule has 0 aliphatic heterocycles. The second-order valence-corrected chi connectivity index (χ2v) is 5.74. The molecule has 0 unspecified atom stereocenters. The summed E-state index contributed by atoms with van der Waals surface area (Å²) in [6.45, 7) is 0. The van der Waals surface area contributed by atoms with Crippen molar-refractivity contribution in [3.8, 4) is 0 Å². The van der Waals surface area contributed by atoms with Gasteiger partial charge in [0.25, 0.3) is 0 Å². The maximum Gasteiger partial charge on any atom is 0.229 e. The van der Waals surface area contributed by atoms with Crippen molar-refractivity contribution in [3.05, 3.63) is 66.9 Å². The van der Waals surface area contributed by atoms with Gasteiger partial charge in [0.15, 0.2) is 10.9 Å². The number of hydrogen-bond acceptors (Lipinski definition) is 7. The molecule has 5 N–H and O–H groups in total. The number of rotatable bonds is 4. The Bertz CT molecular complexity index is 910. The largest absolute Gasteiger partial charge is 0.399 e. The average Bonchev–Trinajstić information content (AvgIpc) is 2.62. The second-order valence-electron chi connectivity index (χ2n) is 5.17. The lowest BCUT2D eigenvalue weighted by molar-refractivity contribution is 0.616. The van der Waals surface area contributed by atoms with Crippen molar-refractivity contribution < 1.29 is 8.42 Å². The third-order valence-corrected chi connectivity index (χ3v) is 3.27. The molecule has 1 heterocycles. The molecule has 9 heteroatoms. The molecule has 0 fully saturated rings. The van der Waals surface area contributed by atoms with Crippen molar-refractivity contribution in [1.29, 1.82) is 0 Å². The van der Waals surface area contributed by atoms with E-state index in [0.717, 1.165) is 22.9 Å². The minimum Gasteiger partial charge on any atom is -0.399 e. The second kappa shape index (κ2) is 9.35.